The number of nitrogens with zero attached hydrogens (tertiary/aromatic N) is 4. The third-order valence-corrected chi connectivity index (χ3v) is 6.61. The van der Waals surface area contributed by atoms with Gasteiger partial charge in [0.15, 0.2) is 5.13 Å². The Kier molecular flexibility index (Phi) is 6.27. The van der Waals surface area contributed by atoms with Crippen molar-refractivity contribution >= 4 is 44.4 Å². The third kappa shape index (κ3) is 5.05. The highest BCUT2D eigenvalue weighted by Crippen LogP contribution is 2.30. The van der Waals surface area contributed by atoms with Crippen LogP contribution in [-0.4, -0.2) is 32.7 Å². The molecular weight excluding hydrogens is 400 g/mol. The topological polar surface area (TPSA) is 51.0 Å². The Morgan fingerprint density at radius 2 is 2.00 bits per heavy atom. The normalized spacial score (nSPS) is 11.1. The van der Waals surface area contributed by atoms with Gasteiger partial charge in [-0.15, -0.1) is 11.8 Å². The number of carbonyl (C=O) groups excluding carboxylic acids is 1. The molecule has 2 aromatic heterocycles. The lowest BCUT2D eigenvalue weighted by Crippen LogP contribution is -2.33. The number of hydrogen-bond acceptors (Lipinski definition) is 5. The highest BCUT2D eigenvalue weighted by Gasteiger charge is 2.19. The maximum absolute atomic E-state index is 13.1. The van der Waals surface area contributed by atoms with Crippen LogP contribution in [0.2, 0.25) is 0 Å². The zero-order valence-corrected chi connectivity index (χ0v) is 17.8. The number of aromatic nitrogens is 3. The second-order valence-electron chi connectivity index (χ2n) is 6.77. The van der Waals surface area contributed by atoms with Crippen LogP contribution in [0.15, 0.2) is 72.1 Å². The number of anilines is 1. The van der Waals surface area contributed by atoms with E-state index in [1.807, 2.05) is 39.9 Å². The molecule has 4 aromatic rings. The first-order chi connectivity index (χ1) is 14.2. The summed E-state index contributed by atoms with van der Waals surface area (Å²) in [5, 5.41) is 0.770. The second kappa shape index (κ2) is 9.24. The van der Waals surface area contributed by atoms with Crippen LogP contribution in [0.4, 0.5) is 5.13 Å². The largest absolute Gasteiger partial charge is 0.337 e. The van der Waals surface area contributed by atoms with E-state index in [-0.39, 0.29) is 5.91 Å². The molecule has 2 heterocycles. The van der Waals surface area contributed by atoms with Crippen molar-refractivity contribution < 1.29 is 4.79 Å². The first kappa shape index (κ1) is 19.7. The van der Waals surface area contributed by atoms with E-state index in [4.69, 9.17) is 4.98 Å². The van der Waals surface area contributed by atoms with Crippen LogP contribution in [-0.2, 0) is 11.3 Å². The van der Waals surface area contributed by atoms with E-state index in [1.165, 1.54) is 5.56 Å². The van der Waals surface area contributed by atoms with Gasteiger partial charge < -0.3 is 4.57 Å². The number of imidazole rings is 1. The van der Waals surface area contributed by atoms with Crippen LogP contribution in [0.5, 0.6) is 0 Å². The van der Waals surface area contributed by atoms with Crippen LogP contribution < -0.4 is 4.90 Å². The molecule has 0 aliphatic heterocycles. The maximum atomic E-state index is 13.1. The van der Waals surface area contributed by atoms with Crippen LogP contribution in [0.3, 0.4) is 0 Å². The smallest absolute Gasteiger partial charge is 0.239 e. The first-order valence-corrected chi connectivity index (χ1v) is 11.3. The molecule has 0 fully saturated rings. The van der Waals surface area contributed by atoms with E-state index in [0.29, 0.717) is 12.3 Å². The van der Waals surface area contributed by atoms with E-state index in [0.717, 1.165) is 33.2 Å². The molecule has 1 amide bonds. The standard InChI is InChI=1S/C22H22N4OS2/c1-17-7-9-18(10-8-17)28-15-21(27)26(13-4-12-25-14-11-23-16-25)22-24-19-5-2-3-6-20(19)29-22/h2-3,5-11,14,16H,4,12-13,15H2,1H3. The average molecular weight is 423 g/mol. The molecule has 0 atom stereocenters. The highest BCUT2D eigenvalue weighted by atomic mass is 32.2. The van der Waals surface area contributed by atoms with Gasteiger partial charge in [-0.1, -0.05) is 41.2 Å². The molecule has 2 aromatic carbocycles. The Bertz CT molecular complexity index is 1040. The van der Waals surface area contributed by atoms with Gasteiger partial charge in [0, 0.05) is 30.4 Å². The van der Waals surface area contributed by atoms with Crippen molar-refractivity contribution in [2.24, 2.45) is 0 Å². The molecule has 0 N–H and O–H groups in total. The third-order valence-electron chi connectivity index (χ3n) is 4.56. The van der Waals surface area contributed by atoms with Gasteiger partial charge in [0.05, 0.1) is 22.3 Å². The Morgan fingerprint density at radius 3 is 2.76 bits per heavy atom. The van der Waals surface area contributed by atoms with E-state index in [9.17, 15) is 4.79 Å². The summed E-state index contributed by atoms with van der Waals surface area (Å²) in [5.41, 5.74) is 2.15. The summed E-state index contributed by atoms with van der Waals surface area (Å²) < 4.78 is 3.13. The lowest BCUT2D eigenvalue weighted by atomic mass is 10.2. The number of amides is 1. The summed E-state index contributed by atoms with van der Waals surface area (Å²) in [7, 11) is 0. The van der Waals surface area contributed by atoms with Gasteiger partial charge in [0.25, 0.3) is 0 Å². The molecule has 29 heavy (non-hydrogen) atoms. The number of carbonyl (C=O) groups is 1. The SMILES string of the molecule is Cc1ccc(SCC(=O)N(CCCn2ccnc2)c2nc3ccccc3s2)cc1. The van der Waals surface area contributed by atoms with Crippen molar-refractivity contribution in [3.63, 3.8) is 0 Å². The molecule has 5 nitrogen and oxygen atoms in total. The Morgan fingerprint density at radius 1 is 1.17 bits per heavy atom. The van der Waals surface area contributed by atoms with Crippen LogP contribution in [0, 0.1) is 6.92 Å². The van der Waals surface area contributed by atoms with Crippen LogP contribution in [0.25, 0.3) is 10.2 Å². The molecule has 148 valence electrons. The summed E-state index contributed by atoms with van der Waals surface area (Å²) in [5.74, 6) is 0.476. The summed E-state index contributed by atoms with van der Waals surface area (Å²) in [6.07, 6.45) is 6.36. The fourth-order valence-electron chi connectivity index (χ4n) is 2.99. The number of hydrogen-bond donors (Lipinski definition) is 0. The number of fused-ring (bicyclic) bond motifs is 1. The van der Waals surface area contributed by atoms with E-state index >= 15 is 0 Å². The van der Waals surface area contributed by atoms with Crippen LogP contribution in [0.1, 0.15) is 12.0 Å². The molecule has 0 saturated heterocycles. The summed E-state index contributed by atoms with van der Waals surface area (Å²) in [6, 6.07) is 16.3. The molecular formula is C22H22N4OS2. The molecule has 0 spiro atoms. The molecule has 0 radical (unpaired) electrons. The predicted molar refractivity (Wildman–Crippen MR) is 121 cm³/mol. The minimum absolute atomic E-state index is 0.0836. The van der Waals surface area contributed by atoms with Crippen LogP contribution >= 0.6 is 23.1 Å². The molecule has 4 rings (SSSR count). The molecule has 7 heteroatoms. The zero-order valence-electron chi connectivity index (χ0n) is 16.2. The van der Waals surface area contributed by atoms with Gasteiger partial charge in [-0.05, 0) is 37.6 Å². The van der Waals surface area contributed by atoms with E-state index < -0.39 is 0 Å². The van der Waals surface area contributed by atoms with Crippen molar-refractivity contribution in [1.29, 1.82) is 0 Å². The number of thioether (sulfide) groups is 1. The fraction of sp³-hybridized carbons (Fsp3) is 0.227. The molecule has 0 saturated carbocycles. The maximum Gasteiger partial charge on any atom is 0.239 e. The van der Waals surface area contributed by atoms with E-state index in [2.05, 4.69) is 36.2 Å². The Balaban J connectivity index is 1.48. The quantitative estimate of drug-likeness (QED) is 0.374. The minimum Gasteiger partial charge on any atom is -0.337 e. The van der Waals surface area contributed by atoms with Crippen molar-refractivity contribution in [2.75, 3.05) is 17.2 Å². The van der Waals surface area contributed by atoms with Crippen molar-refractivity contribution in [1.82, 2.24) is 14.5 Å². The predicted octanol–water partition coefficient (Wildman–Crippen LogP) is 5.02. The fourth-order valence-corrected chi connectivity index (χ4v) is 4.77. The zero-order chi connectivity index (χ0) is 20.1. The first-order valence-electron chi connectivity index (χ1n) is 9.50. The van der Waals surface area contributed by atoms with Crippen molar-refractivity contribution in [3.05, 3.63) is 72.8 Å². The molecule has 0 aliphatic rings. The van der Waals surface area contributed by atoms with Gasteiger partial charge in [0.2, 0.25) is 5.91 Å². The lowest BCUT2D eigenvalue weighted by molar-refractivity contribution is -0.116. The molecule has 0 aliphatic carbocycles. The van der Waals surface area contributed by atoms with Gasteiger partial charge in [-0.2, -0.15) is 0 Å². The van der Waals surface area contributed by atoms with E-state index in [1.54, 1.807) is 35.6 Å². The summed E-state index contributed by atoms with van der Waals surface area (Å²) in [4.78, 5) is 24.8. The monoisotopic (exact) mass is 422 g/mol. The number of rotatable bonds is 8. The van der Waals surface area contributed by atoms with Gasteiger partial charge in [-0.25, -0.2) is 9.97 Å². The Labute approximate surface area is 178 Å². The highest BCUT2D eigenvalue weighted by molar-refractivity contribution is 8.00. The lowest BCUT2D eigenvalue weighted by Gasteiger charge is -2.20. The number of benzene rings is 2. The molecule has 0 bridgehead atoms. The summed E-state index contributed by atoms with van der Waals surface area (Å²) >= 11 is 3.14. The number of thiazole rings is 1. The van der Waals surface area contributed by atoms with Crippen molar-refractivity contribution in [3.8, 4) is 0 Å². The number of aryl methyl sites for hydroxylation is 2. The molecule has 0 unspecified atom stereocenters. The second-order valence-corrected chi connectivity index (χ2v) is 8.82. The van der Waals surface area contributed by atoms with Gasteiger partial charge >= 0.3 is 0 Å². The Hall–Kier alpha value is -2.64. The minimum atomic E-state index is 0.0836. The van der Waals surface area contributed by atoms with Gasteiger partial charge in [0.1, 0.15) is 0 Å². The number of para-hydroxylation sites is 1. The average Bonchev–Trinajstić information content (AvgIpc) is 3.40. The summed E-state index contributed by atoms with van der Waals surface area (Å²) in [6.45, 7) is 3.51. The van der Waals surface area contributed by atoms with Gasteiger partial charge in [-0.3, -0.25) is 9.69 Å². The van der Waals surface area contributed by atoms with Crippen molar-refractivity contribution in [2.45, 2.75) is 24.8 Å².